The molecule has 0 radical (unpaired) electrons. The van der Waals surface area contributed by atoms with E-state index in [1.54, 1.807) is 0 Å². The van der Waals surface area contributed by atoms with E-state index in [1.165, 1.54) is 11.1 Å². The normalized spacial score (nSPS) is 19.9. The monoisotopic (exact) mass is 289 g/mol. The maximum atomic E-state index is 12.5. The topological polar surface area (TPSA) is 20.3 Å². The molecular weight excluding hydrogens is 270 g/mol. The third kappa shape index (κ3) is 2.25. The molecule has 0 aliphatic carbocycles. The first-order valence-electron chi connectivity index (χ1n) is 7.98. The second kappa shape index (κ2) is 5.45. The molecule has 2 bridgehead atoms. The lowest BCUT2D eigenvalue weighted by Gasteiger charge is -2.41. The second-order valence-electron chi connectivity index (χ2n) is 6.11. The molecule has 3 aliphatic heterocycles. The molecule has 3 saturated heterocycles. The molecule has 110 valence electrons. The number of carbonyl (C=O) groups excluding carboxylic acids is 1. The van der Waals surface area contributed by atoms with Crippen LogP contribution >= 0.6 is 0 Å². The average molecular weight is 289 g/mol. The van der Waals surface area contributed by atoms with Crippen LogP contribution in [0.15, 0.2) is 60.3 Å². The van der Waals surface area contributed by atoms with Crippen LogP contribution < -0.4 is 0 Å². The Hall–Kier alpha value is -2.35. The molecule has 2 aromatic rings. The van der Waals surface area contributed by atoms with E-state index in [-0.39, 0.29) is 5.92 Å². The van der Waals surface area contributed by atoms with Crippen molar-refractivity contribution in [2.24, 2.45) is 5.92 Å². The summed E-state index contributed by atoms with van der Waals surface area (Å²) in [6.07, 6.45) is 4.14. The quantitative estimate of drug-likeness (QED) is 0.779. The van der Waals surface area contributed by atoms with Crippen LogP contribution in [-0.4, -0.2) is 23.8 Å². The number of fused-ring (bicyclic) bond motifs is 3. The number of carbonyl (C=O) groups is 1. The van der Waals surface area contributed by atoms with Gasteiger partial charge in [-0.25, -0.2) is 0 Å². The fraction of sp³-hybridized carbons (Fsp3) is 0.250. The maximum Gasteiger partial charge on any atom is 0.182 e. The zero-order chi connectivity index (χ0) is 14.9. The number of nitrogens with zero attached hydrogens (tertiary/aromatic N) is 1. The van der Waals surface area contributed by atoms with Crippen LogP contribution in [0.2, 0.25) is 0 Å². The highest BCUT2D eigenvalue weighted by Crippen LogP contribution is 2.34. The Morgan fingerprint density at radius 3 is 2.32 bits per heavy atom. The summed E-state index contributed by atoms with van der Waals surface area (Å²) in [5.74, 6) is 0.584. The molecule has 2 aromatic carbocycles. The average Bonchev–Trinajstić information content (AvgIpc) is 2.60. The van der Waals surface area contributed by atoms with Crippen LogP contribution in [-0.2, 0) is 4.79 Å². The van der Waals surface area contributed by atoms with Gasteiger partial charge in [-0.3, -0.25) is 4.79 Å². The number of rotatable bonds is 2. The van der Waals surface area contributed by atoms with E-state index in [1.807, 2.05) is 12.1 Å². The first kappa shape index (κ1) is 13.3. The Kier molecular flexibility index (Phi) is 3.30. The first-order chi connectivity index (χ1) is 10.8. The molecule has 0 aromatic heterocycles. The Bertz CT molecular complexity index is 724. The molecule has 5 rings (SSSR count). The molecule has 3 fully saturated rings. The van der Waals surface area contributed by atoms with Gasteiger partial charge >= 0.3 is 0 Å². The molecule has 3 heterocycles. The Balaban J connectivity index is 1.78. The van der Waals surface area contributed by atoms with E-state index in [2.05, 4.69) is 53.4 Å². The van der Waals surface area contributed by atoms with E-state index >= 15 is 0 Å². The SMILES string of the molecule is O=C1/C(=C/c2ccccc2-c2ccccc2)N2CCC1CC2. The number of Topliss-reactive ketones (excluding diaryl/α,β-unsaturated/α-hetero) is 1. The fourth-order valence-electron chi connectivity index (χ4n) is 3.56. The van der Waals surface area contributed by atoms with E-state index in [0.29, 0.717) is 5.78 Å². The van der Waals surface area contributed by atoms with Crippen LogP contribution in [0.25, 0.3) is 17.2 Å². The van der Waals surface area contributed by atoms with Gasteiger partial charge in [0.15, 0.2) is 5.78 Å². The minimum Gasteiger partial charge on any atom is -0.369 e. The van der Waals surface area contributed by atoms with Gasteiger partial charge in [-0.15, -0.1) is 0 Å². The van der Waals surface area contributed by atoms with E-state index in [9.17, 15) is 4.79 Å². The molecule has 2 heteroatoms. The predicted molar refractivity (Wildman–Crippen MR) is 89.2 cm³/mol. The van der Waals surface area contributed by atoms with Gasteiger partial charge in [0, 0.05) is 19.0 Å². The highest BCUT2D eigenvalue weighted by Gasteiger charge is 2.36. The fourth-order valence-corrected chi connectivity index (χ4v) is 3.56. The Labute approximate surface area is 131 Å². The van der Waals surface area contributed by atoms with Crippen molar-refractivity contribution < 1.29 is 4.79 Å². The molecular formula is C20H19NO. The minimum absolute atomic E-state index is 0.250. The largest absolute Gasteiger partial charge is 0.369 e. The second-order valence-corrected chi connectivity index (χ2v) is 6.11. The zero-order valence-corrected chi connectivity index (χ0v) is 12.5. The lowest BCUT2D eigenvalue weighted by Crippen LogP contribution is -2.45. The molecule has 0 N–H and O–H groups in total. The van der Waals surface area contributed by atoms with Gasteiger partial charge in [0.1, 0.15) is 0 Å². The predicted octanol–water partition coefficient (Wildman–Crippen LogP) is 3.99. The van der Waals surface area contributed by atoms with Crippen molar-refractivity contribution in [3.63, 3.8) is 0 Å². The van der Waals surface area contributed by atoms with Gasteiger partial charge in [-0.2, -0.15) is 0 Å². The summed E-state index contributed by atoms with van der Waals surface area (Å²) >= 11 is 0. The standard InChI is InChI=1S/C20H19NO/c22-20-16-10-12-21(13-11-16)19(20)14-17-8-4-5-9-18(17)15-6-2-1-3-7-15/h1-9,14,16H,10-13H2/b19-14-. The number of piperidine rings is 3. The number of allylic oxidation sites excluding steroid dienone is 1. The van der Waals surface area contributed by atoms with Crippen LogP contribution in [0.1, 0.15) is 18.4 Å². The minimum atomic E-state index is 0.250. The van der Waals surface area contributed by atoms with Gasteiger partial charge < -0.3 is 4.90 Å². The van der Waals surface area contributed by atoms with E-state index in [0.717, 1.165) is 37.2 Å². The lowest BCUT2D eigenvalue weighted by molar-refractivity contribution is -0.125. The van der Waals surface area contributed by atoms with Crippen LogP contribution in [0.3, 0.4) is 0 Å². The molecule has 3 aliphatic rings. The van der Waals surface area contributed by atoms with Crippen molar-refractivity contribution >= 4 is 11.9 Å². The summed E-state index contributed by atoms with van der Waals surface area (Å²) in [7, 11) is 0. The van der Waals surface area contributed by atoms with E-state index < -0.39 is 0 Å². The molecule has 0 amide bonds. The van der Waals surface area contributed by atoms with Gasteiger partial charge in [0.05, 0.1) is 5.70 Å². The first-order valence-corrected chi connectivity index (χ1v) is 7.98. The lowest BCUT2D eigenvalue weighted by atomic mass is 9.84. The summed E-state index contributed by atoms with van der Waals surface area (Å²) in [5, 5.41) is 0. The Morgan fingerprint density at radius 1 is 0.909 bits per heavy atom. The van der Waals surface area contributed by atoms with Crippen molar-refractivity contribution in [3.05, 3.63) is 65.9 Å². The molecule has 0 unspecified atom stereocenters. The molecule has 0 saturated carbocycles. The maximum absolute atomic E-state index is 12.5. The molecule has 22 heavy (non-hydrogen) atoms. The zero-order valence-electron chi connectivity index (χ0n) is 12.5. The summed E-state index contributed by atoms with van der Waals surface area (Å²) in [6, 6.07) is 18.7. The molecule has 0 spiro atoms. The van der Waals surface area contributed by atoms with Gasteiger partial charge in [-0.1, -0.05) is 54.6 Å². The van der Waals surface area contributed by atoms with E-state index in [4.69, 9.17) is 0 Å². The van der Waals surface area contributed by atoms with Crippen molar-refractivity contribution in [2.45, 2.75) is 12.8 Å². The smallest absolute Gasteiger partial charge is 0.182 e. The van der Waals surface area contributed by atoms with Crippen LogP contribution in [0.5, 0.6) is 0 Å². The number of ketones is 1. The third-order valence-electron chi connectivity index (χ3n) is 4.80. The highest BCUT2D eigenvalue weighted by molar-refractivity contribution is 6.02. The summed E-state index contributed by atoms with van der Waals surface area (Å²) < 4.78 is 0. The van der Waals surface area contributed by atoms with Crippen molar-refractivity contribution in [3.8, 4) is 11.1 Å². The molecule has 0 atom stereocenters. The summed E-state index contributed by atoms with van der Waals surface area (Å²) in [4.78, 5) is 14.8. The summed E-state index contributed by atoms with van der Waals surface area (Å²) in [6.45, 7) is 2.05. The van der Waals surface area contributed by atoms with Crippen LogP contribution in [0, 0.1) is 5.92 Å². The highest BCUT2D eigenvalue weighted by atomic mass is 16.1. The molecule has 2 nitrogen and oxygen atoms in total. The number of hydrogen-bond donors (Lipinski definition) is 0. The number of hydrogen-bond acceptors (Lipinski definition) is 2. The van der Waals surface area contributed by atoms with Crippen molar-refractivity contribution in [1.29, 1.82) is 0 Å². The van der Waals surface area contributed by atoms with Gasteiger partial charge in [0.2, 0.25) is 0 Å². The summed E-state index contributed by atoms with van der Waals surface area (Å²) in [5.41, 5.74) is 4.42. The van der Waals surface area contributed by atoms with Gasteiger partial charge in [-0.05, 0) is 35.6 Å². The number of benzene rings is 2. The van der Waals surface area contributed by atoms with Crippen LogP contribution in [0.4, 0.5) is 0 Å². The Morgan fingerprint density at radius 2 is 1.59 bits per heavy atom. The van der Waals surface area contributed by atoms with Crippen molar-refractivity contribution in [2.75, 3.05) is 13.1 Å². The van der Waals surface area contributed by atoms with Gasteiger partial charge in [0.25, 0.3) is 0 Å². The third-order valence-corrected chi connectivity index (χ3v) is 4.80. The van der Waals surface area contributed by atoms with Crippen molar-refractivity contribution in [1.82, 2.24) is 4.90 Å².